The van der Waals surface area contributed by atoms with Crippen molar-refractivity contribution >= 4 is 5.97 Å². The number of carboxylic acid groups (broad SMARTS) is 1. The summed E-state index contributed by atoms with van der Waals surface area (Å²) in [5, 5.41) is 17.9. The third-order valence-corrected chi connectivity index (χ3v) is 3.50. The molecule has 2 aromatic rings. The fourth-order valence-corrected chi connectivity index (χ4v) is 2.35. The van der Waals surface area contributed by atoms with Gasteiger partial charge in [-0.25, -0.2) is 0 Å². The Balaban J connectivity index is 2.05. The van der Waals surface area contributed by atoms with Crippen molar-refractivity contribution < 1.29 is 14.6 Å². The molecule has 0 aliphatic rings. The van der Waals surface area contributed by atoms with Gasteiger partial charge in [0.05, 0.1) is 12.2 Å². The van der Waals surface area contributed by atoms with Crippen LogP contribution in [0.4, 0.5) is 0 Å². The summed E-state index contributed by atoms with van der Waals surface area (Å²) in [6.07, 6.45) is 2.39. The van der Waals surface area contributed by atoms with E-state index >= 15 is 0 Å². The summed E-state index contributed by atoms with van der Waals surface area (Å²) >= 11 is 0. The van der Waals surface area contributed by atoms with Crippen LogP contribution in [-0.4, -0.2) is 17.7 Å². The largest absolute Gasteiger partial charge is 0.492 e. The molecule has 1 N–H and O–H groups in total. The fraction of sp³-hybridized carbons (Fsp3) is 0.263. The molecule has 0 atom stereocenters. The summed E-state index contributed by atoms with van der Waals surface area (Å²) in [5.74, 6) is -0.174. The normalized spacial score (nSPS) is 10.0. The zero-order valence-electron chi connectivity index (χ0n) is 12.9. The number of hydrogen-bond acceptors (Lipinski definition) is 3. The molecule has 0 heterocycles. The minimum Gasteiger partial charge on any atom is -0.492 e. The van der Waals surface area contributed by atoms with Crippen LogP contribution in [0.25, 0.3) is 11.1 Å². The third-order valence-electron chi connectivity index (χ3n) is 3.50. The van der Waals surface area contributed by atoms with Gasteiger partial charge in [-0.1, -0.05) is 42.5 Å². The monoisotopic (exact) mass is 309 g/mol. The molecular formula is C19H19NO3. The molecule has 0 fully saturated rings. The molecule has 23 heavy (non-hydrogen) atoms. The molecular weight excluding hydrogens is 290 g/mol. The smallest absolute Gasteiger partial charge is 0.303 e. The van der Waals surface area contributed by atoms with Crippen molar-refractivity contribution in [2.24, 2.45) is 0 Å². The number of hydrogen-bond donors (Lipinski definition) is 1. The lowest BCUT2D eigenvalue weighted by molar-refractivity contribution is -0.137. The van der Waals surface area contributed by atoms with Crippen LogP contribution in [0.1, 0.15) is 31.2 Å². The van der Waals surface area contributed by atoms with Crippen LogP contribution in [0.5, 0.6) is 5.75 Å². The van der Waals surface area contributed by atoms with E-state index in [0.29, 0.717) is 24.3 Å². The Morgan fingerprint density at radius 1 is 1.04 bits per heavy atom. The van der Waals surface area contributed by atoms with Gasteiger partial charge in [0.2, 0.25) is 0 Å². The standard InChI is InChI=1S/C19H19NO3/c20-14-16-10-7-11-17(15-8-3-1-4-9-15)19(16)23-13-6-2-5-12-18(21)22/h1,3-4,7-11H,2,5-6,12-13H2,(H,21,22). The molecule has 0 saturated carbocycles. The molecule has 118 valence electrons. The van der Waals surface area contributed by atoms with Crippen LogP contribution in [0.3, 0.4) is 0 Å². The highest BCUT2D eigenvalue weighted by atomic mass is 16.5. The molecule has 2 rings (SSSR count). The van der Waals surface area contributed by atoms with E-state index in [1.54, 1.807) is 6.07 Å². The van der Waals surface area contributed by atoms with E-state index in [0.717, 1.165) is 24.0 Å². The number of nitriles is 1. The number of rotatable bonds is 8. The highest BCUT2D eigenvalue weighted by Gasteiger charge is 2.11. The summed E-state index contributed by atoms with van der Waals surface area (Å²) in [4.78, 5) is 10.5. The average molecular weight is 309 g/mol. The second kappa shape index (κ2) is 8.60. The molecule has 4 nitrogen and oxygen atoms in total. The zero-order valence-corrected chi connectivity index (χ0v) is 12.9. The maximum atomic E-state index is 10.5. The maximum Gasteiger partial charge on any atom is 0.303 e. The van der Waals surface area contributed by atoms with E-state index < -0.39 is 5.97 Å². The van der Waals surface area contributed by atoms with Crippen molar-refractivity contribution in [3.63, 3.8) is 0 Å². The first-order valence-electron chi connectivity index (χ1n) is 7.65. The van der Waals surface area contributed by atoms with Crippen LogP contribution in [0, 0.1) is 11.3 Å². The second-order valence-electron chi connectivity index (χ2n) is 5.21. The van der Waals surface area contributed by atoms with Gasteiger partial charge in [-0.2, -0.15) is 5.26 Å². The van der Waals surface area contributed by atoms with Gasteiger partial charge in [0.15, 0.2) is 0 Å². The molecule has 0 saturated heterocycles. The molecule has 0 bridgehead atoms. The van der Waals surface area contributed by atoms with Crippen molar-refractivity contribution in [3.8, 4) is 22.9 Å². The number of para-hydroxylation sites is 1. The highest BCUT2D eigenvalue weighted by molar-refractivity contribution is 5.73. The number of ether oxygens (including phenoxy) is 1. The van der Waals surface area contributed by atoms with Gasteiger partial charge in [-0.3, -0.25) is 4.79 Å². The Bertz CT molecular complexity index is 690. The number of carbonyl (C=O) groups is 1. The molecule has 2 aromatic carbocycles. The maximum absolute atomic E-state index is 10.5. The minimum atomic E-state index is -0.771. The van der Waals surface area contributed by atoms with Crippen LogP contribution >= 0.6 is 0 Å². The fourth-order valence-electron chi connectivity index (χ4n) is 2.35. The Morgan fingerprint density at radius 2 is 1.83 bits per heavy atom. The van der Waals surface area contributed by atoms with E-state index in [4.69, 9.17) is 9.84 Å². The lowest BCUT2D eigenvalue weighted by Crippen LogP contribution is -2.02. The summed E-state index contributed by atoms with van der Waals surface area (Å²) in [7, 11) is 0. The van der Waals surface area contributed by atoms with E-state index in [9.17, 15) is 10.1 Å². The van der Waals surface area contributed by atoms with Gasteiger partial charge < -0.3 is 9.84 Å². The predicted molar refractivity (Wildman–Crippen MR) is 88.2 cm³/mol. The third kappa shape index (κ3) is 4.86. The Hall–Kier alpha value is -2.80. The first-order chi connectivity index (χ1) is 11.2. The first-order valence-corrected chi connectivity index (χ1v) is 7.65. The quantitative estimate of drug-likeness (QED) is 0.740. The number of unbranched alkanes of at least 4 members (excludes halogenated alkanes) is 2. The number of aliphatic carboxylic acids is 1. The van der Waals surface area contributed by atoms with Gasteiger partial charge in [-0.15, -0.1) is 0 Å². The predicted octanol–water partition coefficient (Wildman–Crippen LogP) is 4.25. The molecule has 0 spiro atoms. The molecule has 4 heteroatoms. The summed E-state index contributed by atoms with van der Waals surface area (Å²) in [6, 6.07) is 17.5. The lowest BCUT2D eigenvalue weighted by atomic mass is 10.0. The topological polar surface area (TPSA) is 70.3 Å². The van der Waals surface area contributed by atoms with Gasteiger partial charge >= 0.3 is 5.97 Å². The van der Waals surface area contributed by atoms with E-state index in [-0.39, 0.29) is 6.42 Å². The Kier molecular flexibility index (Phi) is 6.19. The van der Waals surface area contributed by atoms with Crippen LogP contribution in [0.15, 0.2) is 48.5 Å². The zero-order chi connectivity index (χ0) is 16.5. The Labute approximate surface area is 136 Å². The number of benzene rings is 2. The molecule has 0 radical (unpaired) electrons. The summed E-state index contributed by atoms with van der Waals surface area (Å²) in [5.41, 5.74) is 2.41. The van der Waals surface area contributed by atoms with Gasteiger partial charge in [0, 0.05) is 12.0 Å². The molecule has 0 aliphatic heterocycles. The van der Waals surface area contributed by atoms with Crippen LogP contribution < -0.4 is 4.74 Å². The van der Waals surface area contributed by atoms with Crippen molar-refractivity contribution in [1.29, 1.82) is 5.26 Å². The summed E-state index contributed by atoms with van der Waals surface area (Å²) in [6.45, 7) is 0.470. The summed E-state index contributed by atoms with van der Waals surface area (Å²) < 4.78 is 5.85. The average Bonchev–Trinajstić information content (AvgIpc) is 2.58. The van der Waals surface area contributed by atoms with Crippen molar-refractivity contribution in [2.75, 3.05) is 6.61 Å². The van der Waals surface area contributed by atoms with Crippen molar-refractivity contribution in [2.45, 2.75) is 25.7 Å². The highest BCUT2D eigenvalue weighted by Crippen LogP contribution is 2.33. The van der Waals surface area contributed by atoms with Crippen LogP contribution in [0.2, 0.25) is 0 Å². The van der Waals surface area contributed by atoms with Gasteiger partial charge in [0.25, 0.3) is 0 Å². The van der Waals surface area contributed by atoms with Crippen LogP contribution in [-0.2, 0) is 4.79 Å². The second-order valence-corrected chi connectivity index (χ2v) is 5.21. The molecule has 0 aliphatic carbocycles. The Morgan fingerprint density at radius 3 is 2.52 bits per heavy atom. The van der Waals surface area contributed by atoms with Gasteiger partial charge in [-0.05, 0) is 30.9 Å². The molecule has 0 unspecified atom stereocenters. The number of carboxylic acids is 1. The van der Waals surface area contributed by atoms with Gasteiger partial charge in [0.1, 0.15) is 11.8 Å². The molecule has 0 aromatic heterocycles. The van der Waals surface area contributed by atoms with Crippen molar-refractivity contribution in [1.82, 2.24) is 0 Å². The van der Waals surface area contributed by atoms with E-state index in [1.807, 2.05) is 42.5 Å². The lowest BCUT2D eigenvalue weighted by Gasteiger charge is -2.13. The minimum absolute atomic E-state index is 0.185. The first kappa shape index (κ1) is 16.6. The van der Waals surface area contributed by atoms with E-state index in [1.165, 1.54) is 0 Å². The van der Waals surface area contributed by atoms with E-state index in [2.05, 4.69) is 6.07 Å². The molecule has 0 amide bonds. The van der Waals surface area contributed by atoms with Crippen molar-refractivity contribution in [3.05, 3.63) is 54.1 Å². The SMILES string of the molecule is N#Cc1cccc(-c2ccccc2)c1OCCCCCC(=O)O. The number of nitrogens with zero attached hydrogens (tertiary/aromatic N) is 1.